The van der Waals surface area contributed by atoms with E-state index in [1.165, 1.54) is 0 Å². The van der Waals surface area contributed by atoms with Gasteiger partial charge in [-0.3, -0.25) is 4.90 Å². The number of nitrogens with one attached hydrogen (secondary N) is 1. The zero-order valence-corrected chi connectivity index (χ0v) is 9.21. The van der Waals surface area contributed by atoms with Crippen LogP contribution in [0.3, 0.4) is 0 Å². The van der Waals surface area contributed by atoms with E-state index in [1.807, 2.05) is 13.0 Å². The second-order valence-corrected chi connectivity index (χ2v) is 3.53. The molecule has 0 aliphatic carbocycles. The lowest BCUT2D eigenvalue weighted by molar-refractivity contribution is 0.272. The predicted molar refractivity (Wildman–Crippen MR) is 56.1 cm³/mol. The predicted octanol–water partition coefficient (Wildman–Crippen LogP) is 1.02. The van der Waals surface area contributed by atoms with E-state index < -0.39 is 0 Å². The summed E-state index contributed by atoms with van der Waals surface area (Å²) in [5.74, 6) is 0.932. The molecule has 1 aromatic rings. The van der Waals surface area contributed by atoms with Crippen LogP contribution < -0.4 is 5.32 Å². The average Bonchev–Trinajstić information content (AvgIpc) is 2.52. The molecule has 80 valence electrons. The number of rotatable bonds is 6. The highest BCUT2D eigenvalue weighted by atomic mass is 16.5. The van der Waals surface area contributed by atoms with Gasteiger partial charge in [-0.25, -0.2) is 0 Å². The van der Waals surface area contributed by atoms with Crippen LogP contribution in [-0.4, -0.2) is 36.7 Å². The van der Waals surface area contributed by atoms with Gasteiger partial charge in [-0.1, -0.05) is 12.1 Å². The summed E-state index contributed by atoms with van der Waals surface area (Å²) in [4.78, 5) is 2.21. The quantitative estimate of drug-likeness (QED) is 0.691. The molecule has 0 unspecified atom stereocenters. The van der Waals surface area contributed by atoms with E-state index in [9.17, 15) is 0 Å². The molecule has 0 amide bonds. The zero-order chi connectivity index (χ0) is 10.4. The fraction of sp³-hybridized carbons (Fsp3) is 0.700. The minimum absolute atomic E-state index is 0.826. The van der Waals surface area contributed by atoms with Crippen LogP contribution in [0.4, 0.5) is 0 Å². The number of hydrogen-bond acceptors (Lipinski definition) is 4. The van der Waals surface area contributed by atoms with E-state index >= 15 is 0 Å². The first-order valence-electron chi connectivity index (χ1n) is 5.04. The molecule has 1 aromatic heterocycles. The fourth-order valence-corrected chi connectivity index (χ4v) is 1.28. The molecule has 0 aliphatic heterocycles. The molecule has 0 bridgehead atoms. The summed E-state index contributed by atoms with van der Waals surface area (Å²) in [6.45, 7) is 7.93. The van der Waals surface area contributed by atoms with Crippen LogP contribution in [0.1, 0.15) is 18.4 Å². The number of aromatic nitrogens is 1. The standard InChI is InChI=1S/C10H19N3O/c1-4-11-5-6-13(3)8-10-7-9(2)12-14-10/h7,11H,4-6,8H2,1-3H3. The van der Waals surface area contributed by atoms with Crippen molar-refractivity contribution in [1.29, 1.82) is 0 Å². The minimum Gasteiger partial charge on any atom is -0.360 e. The highest BCUT2D eigenvalue weighted by Gasteiger charge is 2.04. The molecule has 0 radical (unpaired) electrons. The number of nitrogens with zero attached hydrogens (tertiary/aromatic N) is 2. The van der Waals surface area contributed by atoms with E-state index in [1.54, 1.807) is 0 Å². The van der Waals surface area contributed by atoms with E-state index in [0.29, 0.717) is 0 Å². The summed E-state index contributed by atoms with van der Waals surface area (Å²) < 4.78 is 5.13. The Morgan fingerprint density at radius 1 is 1.57 bits per heavy atom. The van der Waals surface area contributed by atoms with Crippen molar-refractivity contribution >= 4 is 0 Å². The molecule has 0 spiro atoms. The Morgan fingerprint density at radius 2 is 2.36 bits per heavy atom. The second kappa shape index (κ2) is 5.78. The zero-order valence-electron chi connectivity index (χ0n) is 9.21. The Hall–Kier alpha value is -0.870. The maximum atomic E-state index is 5.13. The van der Waals surface area contributed by atoms with E-state index in [2.05, 4.69) is 29.3 Å². The van der Waals surface area contributed by atoms with Gasteiger partial charge in [0.15, 0.2) is 5.76 Å². The van der Waals surface area contributed by atoms with Crippen molar-refractivity contribution < 1.29 is 4.52 Å². The third kappa shape index (κ3) is 3.89. The van der Waals surface area contributed by atoms with Crippen LogP contribution in [0.5, 0.6) is 0 Å². The van der Waals surface area contributed by atoms with Crippen molar-refractivity contribution in [2.24, 2.45) is 0 Å². The Balaban J connectivity index is 2.23. The van der Waals surface area contributed by atoms with Gasteiger partial charge in [0, 0.05) is 19.2 Å². The fourth-order valence-electron chi connectivity index (χ4n) is 1.28. The maximum absolute atomic E-state index is 5.13. The molecule has 0 fully saturated rings. The van der Waals surface area contributed by atoms with Crippen molar-refractivity contribution in [3.63, 3.8) is 0 Å². The van der Waals surface area contributed by atoms with Crippen molar-refractivity contribution in [3.05, 3.63) is 17.5 Å². The summed E-state index contributed by atoms with van der Waals surface area (Å²) in [7, 11) is 2.08. The van der Waals surface area contributed by atoms with Crippen molar-refractivity contribution in [1.82, 2.24) is 15.4 Å². The molecule has 14 heavy (non-hydrogen) atoms. The van der Waals surface area contributed by atoms with Gasteiger partial charge in [0.25, 0.3) is 0 Å². The minimum atomic E-state index is 0.826. The number of aryl methyl sites for hydroxylation is 1. The van der Waals surface area contributed by atoms with E-state index in [4.69, 9.17) is 4.52 Å². The Labute approximate surface area is 85.3 Å². The lowest BCUT2D eigenvalue weighted by Crippen LogP contribution is -2.28. The van der Waals surface area contributed by atoms with Gasteiger partial charge in [0.2, 0.25) is 0 Å². The monoisotopic (exact) mass is 197 g/mol. The molecule has 0 aliphatic rings. The van der Waals surface area contributed by atoms with Gasteiger partial charge in [0.05, 0.1) is 12.2 Å². The van der Waals surface area contributed by atoms with Gasteiger partial charge in [0.1, 0.15) is 0 Å². The largest absolute Gasteiger partial charge is 0.360 e. The normalized spacial score (nSPS) is 11.1. The van der Waals surface area contributed by atoms with Crippen LogP contribution in [0, 0.1) is 6.92 Å². The number of likely N-dealkylation sites (N-methyl/N-ethyl adjacent to an activating group) is 2. The first-order valence-corrected chi connectivity index (χ1v) is 5.04. The van der Waals surface area contributed by atoms with Gasteiger partial charge < -0.3 is 9.84 Å². The van der Waals surface area contributed by atoms with Gasteiger partial charge in [-0.2, -0.15) is 0 Å². The highest BCUT2D eigenvalue weighted by molar-refractivity contribution is 5.02. The summed E-state index contributed by atoms with van der Waals surface area (Å²) in [6.07, 6.45) is 0. The molecule has 0 atom stereocenters. The Bertz CT molecular complexity index is 260. The van der Waals surface area contributed by atoms with Gasteiger partial charge in [-0.15, -0.1) is 0 Å². The van der Waals surface area contributed by atoms with Crippen molar-refractivity contribution in [3.8, 4) is 0 Å². The van der Waals surface area contributed by atoms with Crippen LogP contribution in [0.15, 0.2) is 10.6 Å². The molecule has 4 nitrogen and oxygen atoms in total. The molecule has 1 rings (SSSR count). The third-order valence-corrected chi connectivity index (χ3v) is 2.02. The molecule has 4 heteroatoms. The maximum Gasteiger partial charge on any atom is 0.150 e. The Kier molecular flexibility index (Phi) is 4.62. The van der Waals surface area contributed by atoms with Crippen LogP contribution in [0.25, 0.3) is 0 Å². The topological polar surface area (TPSA) is 41.3 Å². The van der Waals surface area contributed by atoms with E-state index in [-0.39, 0.29) is 0 Å². The van der Waals surface area contributed by atoms with Crippen molar-refractivity contribution in [2.75, 3.05) is 26.7 Å². The van der Waals surface area contributed by atoms with Crippen LogP contribution >= 0.6 is 0 Å². The lowest BCUT2D eigenvalue weighted by atomic mass is 10.3. The average molecular weight is 197 g/mol. The third-order valence-electron chi connectivity index (χ3n) is 2.02. The molecular formula is C10H19N3O. The smallest absolute Gasteiger partial charge is 0.150 e. The molecule has 0 saturated heterocycles. The first-order chi connectivity index (χ1) is 6.72. The van der Waals surface area contributed by atoms with Crippen LogP contribution in [0.2, 0.25) is 0 Å². The summed E-state index contributed by atoms with van der Waals surface area (Å²) in [6, 6.07) is 1.98. The summed E-state index contributed by atoms with van der Waals surface area (Å²) in [5.41, 5.74) is 0.945. The molecule has 0 aromatic carbocycles. The summed E-state index contributed by atoms with van der Waals surface area (Å²) in [5, 5.41) is 7.13. The Morgan fingerprint density at radius 3 is 2.93 bits per heavy atom. The molecule has 1 heterocycles. The van der Waals surface area contributed by atoms with Gasteiger partial charge >= 0.3 is 0 Å². The SMILES string of the molecule is CCNCCN(C)Cc1cc(C)no1. The first kappa shape index (κ1) is 11.2. The second-order valence-electron chi connectivity index (χ2n) is 3.53. The molecular weight excluding hydrogens is 178 g/mol. The van der Waals surface area contributed by atoms with Crippen LogP contribution in [-0.2, 0) is 6.54 Å². The highest BCUT2D eigenvalue weighted by Crippen LogP contribution is 2.04. The van der Waals surface area contributed by atoms with E-state index in [0.717, 1.165) is 37.6 Å². The lowest BCUT2D eigenvalue weighted by Gasteiger charge is -2.14. The van der Waals surface area contributed by atoms with Gasteiger partial charge in [-0.05, 0) is 20.5 Å². The molecule has 1 N–H and O–H groups in total. The molecule has 0 saturated carbocycles. The van der Waals surface area contributed by atoms with Crippen molar-refractivity contribution in [2.45, 2.75) is 20.4 Å². The summed E-state index contributed by atoms with van der Waals surface area (Å²) >= 11 is 0. The number of hydrogen-bond donors (Lipinski definition) is 1.